The number of benzene rings is 2. The number of carboxylic acid groups (broad SMARTS) is 1. The van der Waals surface area contributed by atoms with Gasteiger partial charge < -0.3 is 5.11 Å². The van der Waals surface area contributed by atoms with Crippen LogP contribution in [0.5, 0.6) is 0 Å². The van der Waals surface area contributed by atoms with E-state index in [0.29, 0.717) is 0 Å². The lowest BCUT2D eigenvalue weighted by Gasteiger charge is -2.21. The molecule has 2 heteroatoms. The smallest absolute Gasteiger partial charge is 0.304 e. The molecule has 0 amide bonds. The van der Waals surface area contributed by atoms with E-state index in [1.54, 1.807) is 0 Å². The lowest BCUT2D eigenvalue weighted by atomic mass is 9.84. The number of carbonyl (C=O) groups is 1. The zero-order valence-electron chi connectivity index (χ0n) is 12.1. The Balaban J connectivity index is 1.98. The van der Waals surface area contributed by atoms with Crippen molar-refractivity contribution in [3.63, 3.8) is 0 Å². The van der Waals surface area contributed by atoms with Crippen LogP contribution in [0.15, 0.2) is 48.5 Å². The second-order valence-corrected chi connectivity index (χ2v) is 5.80. The molecule has 1 atom stereocenters. The van der Waals surface area contributed by atoms with Gasteiger partial charge in [-0.3, -0.25) is 4.79 Å². The first-order valence-electron chi connectivity index (χ1n) is 7.62. The van der Waals surface area contributed by atoms with Gasteiger partial charge in [0.15, 0.2) is 0 Å². The third-order valence-corrected chi connectivity index (χ3v) is 4.36. The van der Waals surface area contributed by atoms with E-state index < -0.39 is 5.97 Å². The molecule has 0 bridgehead atoms. The number of fused-ring (bicyclic) bond motifs is 1. The molecule has 0 saturated carbocycles. The van der Waals surface area contributed by atoms with Crippen LogP contribution in [0.4, 0.5) is 0 Å². The largest absolute Gasteiger partial charge is 0.481 e. The van der Waals surface area contributed by atoms with Crippen LogP contribution in [0.3, 0.4) is 0 Å². The third-order valence-electron chi connectivity index (χ3n) is 4.36. The highest BCUT2D eigenvalue weighted by Crippen LogP contribution is 2.31. The standard InChI is InChI=1S/C19H20O2/c20-19(21)13-18(15-7-2-1-3-8-15)17-11-10-14-6-4-5-9-16(14)12-17/h1-3,7-8,10-12,18H,4-6,9,13H2,(H,20,21). The fourth-order valence-corrected chi connectivity index (χ4v) is 3.26. The van der Waals surface area contributed by atoms with E-state index in [9.17, 15) is 9.90 Å². The molecule has 1 unspecified atom stereocenters. The average Bonchev–Trinajstić information content (AvgIpc) is 2.53. The van der Waals surface area contributed by atoms with Crippen molar-refractivity contribution in [3.05, 3.63) is 70.8 Å². The first-order chi connectivity index (χ1) is 10.2. The quantitative estimate of drug-likeness (QED) is 0.912. The zero-order chi connectivity index (χ0) is 14.7. The molecule has 0 aromatic heterocycles. The Morgan fingerprint density at radius 3 is 2.38 bits per heavy atom. The minimum atomic E-state index is -0.749. The second-order valence-electron chi connectivity index (χ2n) is 5.80. The van der Waals surface area contributed by atoms with E-state index in [2.05, 4.69) is 18.2 Å². The van der Waals surface area contributed by atoms with E-state index >= 15 is 0 Å². The van der Waals surface area contributed by atoms with Gasteiger partial charge >= 0.3 is 5.97 Å². The van der Waals surface area contributed by atoms with Gasteiger partial charge in [0.2, 0.25) is 0 Å². The second kappa shape index (κ2) is 6.13. The minimum Gasteiger partial charge on any atom is -0.481 e. The number of rotatable bonds is 4. The predicted octanol–water partition coefficient (Wildman–Crippen LogP) is 4.17. The summed E-state index contributed by atoms with van der Waals surface area (Å²) < 4.78 is 0. The van der Waals surface area contributed by atoms with Crippen LogP contribution in [-0.2, 0) is 17.6 Å². The third kappa shape index (κ3) is 3.15. The van der Waals surface area contributed by atoms with Gasteiger partial charge in [-0.2, -0.15) is 0 Å². The summed E-state index contributed by atoms with van der Waals surface area (Å²) in [6.45, 7) is 0. The van der Waals surface area contributed by atoms with Crippen molar-refractivity contribution in [1.82, 2.24) is 0 Å². The van der Waals surface area contributed by atoms with Gasteiger partial charge in [-0.15, -0.1) is 0 Å². The number of aliphatic carboxylic acids is 1. The normalized spacial score (nSPS) is 15.2. The lowest BCUT2D eigenvalue weighted by Crippen LogP contribution is -2.10. The summed E-state index contributed by atoms with van der Waals surface area (Å²) in [5.41, 5.74) is 5.05. The van der Waals surface area contributed by atoms with Crippen molar-refractivity contribution in [2.24, 2.45) is 0 Å². The van der Waals surface area contributed by atoms with Gasteiger partial charge in [0.1, 0.15) is 0 Å². The van der Waals surface area contributed by atoms with Crippen LogP contribution in [0.1, 0.15) is 47.4 Å². The molecule has 0 saturated heterocycles. The van der Waals surface area contributed by atoms with E-state index in [4.69, 9.17) is 0 Å². The van der Waals surface area contributed by atoms with Crippen LogP contribution < -0.4 is 0 Å². The summed E-state index contributed by atoms with van der Waals surface area (Å²) in [6, 6.07) is 16.5. The molecule has 1 N–H and O–H groups in total. The SMILES string of the molecule is O=C(O)CC(c1ccccc1)c1ccc2c(c1)CCCC2. The van der Waals surface area contributed by atoms with Gasteiger partial charge in [-0.1, -0.05) is 48.5 Å². The Morgan fingerprint density at radius 1 is 0.952 bits per heavy atom. The van der Waals surface area contributed by atoms with Crippen molar-refractivity contribution in [2.45, 2.75) is 38.0 Å². The Kier molecular flexibility index (Phi) is 4.05. The van der Waals surface area contributed by atoms with Gasteiger partial charge in [0.25, 0.3) is 0 Å². The zero-order valence-corrected chi connectivity index (χ0v) is 12.1. The molecule has 0 spiro atoms. The topological polar surface area (TPSA) is 37.3 Å². The summed E-state index contributed by atoms with van der Waals surface area (Å²) in [4.78, 5) is 11.2. The molecule has 2 aromatic carbocycles. The molecule has 0 heterocycles. The maximum atomic E-state index is 11.2. The minimum absolute atomic E-state index is 0.0593. The number of aryl methyl sites for hydroxylation is 2. The summed E-state index contributed by atoms with van der Waals surface area (Å²) in [5.74, 6) is -0.808. The molecular weight excluding hydrogens is 260 g/mol. The van der Waals surface area contributed by atoms with Crippen LogP contribution in [0.25, 0.3) is 0 Å². The molecule has 2 aromatic rings. The maximum Gasteiger partial charge on any atom is 0.304 e. The van der Waals surface area contributed by atoms with Gasteiger partial charge in [-0.05, 0) is 47.9 Å². The average molecular weight is 280 g/mol. The van der Waals surface area contributed by atoms with Crippen LogP contribution >= 0.6 is 0 Å². The fourth-order valence-electron chi connectivity index (χ4n) is 3.26. The molecule has 21 heavy (non-hydrogen) atoms. The fraction of sp³-hybridized carbons (Fsp3) is 0.316. The highest BCUT2D eigenvalue weighted by atomic mass is 16.4. The summed E-state index contributed by atoms with van der Waals surface area (Å²) in [6.07, 6.45) is 4.93. The van der Waals surface area contributed by atoms with Crippen LogP contribution in [0, 0.1) is 0 Å². The van der Waals surface area contributed by atoms with Crippen LogP contribution in [-0.4, -0.2) is 11.1 Å². The van der Waals surface area contributed by atoms with Crippen molar-refractivity contribution >= 4 is 5.97 Å². The molecule has 1 aliphatic carbocycles. The number of hydrogen-bond acceptors (Lipinski definition) is 1. The molecule has 108 valence electrons. The molecule has 0 aliphatic heterocycles. The van der Waals surface area contributed by atoms with Gasteiger partial charge in [0, 0.05) is 5.92 Å². The van der Waals surface area contributed by atoms with Gasteiger partial charge in [-0.25, -0.2) is 0 Å². The van der Waals surface area contributed by atoms with Crippen molar-refractivity contribution in [3.8, 4) is 0 Å². The first-order valence-corrected chi connectivity index (χ1v) is 7.62. The Morgan fingerprint density at radius 2 is 1.67 bits per heavy atom. The molecular formula is C19H20O2. The van der Waals surface area contributed by atoms with E-state index in [1.807, 2.05) is 30.3 Å². The maximum absolute atomic E-state index is 11.2. The summed E-state index contributed by atoms with van der Waals surface area (Å²) >= 11 is 0. The van der Waals surface area contributed by atoms with Crippen molar-refractivity contribution < 1.29 is 9.90 Å². The highest BCUT2D eigenvalue weighted by Gasteiger charge is 2.19. The molecule has 3 rings (SSSR count). The Hall–Kier alpha value is -2.09. The van der Waals surface area contributed by atoms with Crippen LogP contribution in [0.2, 0.25) is 0 Å². The van der Waals surface area contributed by atoms with Crippen molar-refractivity contribution in [2.75, 3.05) is 0 Å². The Labute approximate surface area is 125 Å². The van der Waals surface area contributed by atoms with Crippen molar-refractivity contribution in [1.29, 1.82) is 0 Å². The van der Waals surface area contributed by atoms with E-state index in [-0.39, 0.29) is 12.3 Å². The van der Waals surface area contributed by atoms with Gasteiger partial charge in [0.05, 0.1) is 6.42 Å². The van der Waals surface area contributed by atoms with E-state index in [0.717, 1.165) is 24.0 Å². The predicted molar refractivity (Wildman–Crippen MR) is 83.6 cm³/mol. The molecule has 1 aliphatic rings. The summed E-state index contributed by atoms with van der Waals surface area (Å²) in [5, 5.41) is 9.24. The molecule has 0 radical (unpaired) electrons. The molecule has 0 fully saturated rings. The summed E-state index contributed by atoms with van der Waals surface area (Å²) in [7, 11) is 0. The number of carboxylic acids is 1. The van der Waals surface area contributed by atoms with E-state index in [1.165, 1.54) is 24.0 Å². The highest BCUT2D eigenvalue weighted by molar-refractivity contribution is 5.69. The number of hydrogen-bond donors (Lipinski definition) is 1. The first kappa shape index (κ1) is 13.9. The molecule has 2 nitrogen and oxygen atoms in total. The monoisotopic (exact) mass is 280 g/mol. The Bertz CT molecular complexity index is 631. The lowest BCUT2D eigenvalue weighted by molar-refractivity contribution is -0.137.